The van der Waals surface area contributed by atoms with E-state index in [1.54, 1.807) is 12.1 Å². The van der Waals surface area contributed by atoms with Gasteiger partial charge in [0.1, 0.15) is 5.75 Å². The zero-order valence-electron chi connectivity index (χ0n) is 12.1. The predicted octanol–water partition coefficient (Wildman–Crippen LogP) is 4.17. The molecule has 110 valence electrons. The number of nitro benzene ring substituents is 1. The lowest BCUT2D eigenvalue weighted by Crippen LogP contribution is -2.07. The van der Waals surface area contributed by atoms with E-state index in [-0.39, 0.29) is 16.7 Å². The van der Waals surface area contributed by atoms with Gasteiger partial charge in [0.2, 0.25) is 0 Å². The maximum atomic E-state index is 10.8. The summed E-state index contributed by atoms with van der Waals surface area (Å²) in [7, 11) is 0. The number of nitrogens with one attached hydrogen (secondary N) is 1. The number of nitrogens with zero attached hydrogens (tertiary/aromatic N) is 1. The van der Waals surface area contributed by atoms with Crippen LogP contribution in [0, 0.1) is 10.1 Å². The number of rotatable bonds is 6. The second kappa shape index (κ2) is 6.74. The fraction of sp³-hybridized carbons (Fsp3) is 0.250. The maximum Gasteiger partial charge on any atom is 0.269 e. The lowest BCUT2D eigenvalue weighted by atomic mass is 10.1. The number of hydrogen-bond donors (Lipinski definition) is 1. The molecule has 21 heavy (non-hydrogen) atoms. The van der Waals surface area contributed by atoms with E-state index in [9.17, 15) is 10.1 Å². The monoisotopic (exact) mass is 286 g/mol. The molecule has 0 saturated heterocycles. The van der Waals surface area contributed by atoms with Crippen LogP contribution in [0.25, 0.3) is 0 Å². The van der Waals surface area contributed by atoms with Crippen LogP contribution in [0.2, 0.25) is 0 Å². The van der Waals surface area contributed by atoms with E-state index in [0.717, 1.165) is 17.0 Å². The molecule has 0 aliphatic carbocycles. The largest absolute Gasteiger partial charge is 0.494 e. The molecule has 0 amide bonds. The first-order valence-electron chi connectivity index (χ1n) is 6.84. The van der Waals surface area contributed by atoms with Crippen molar-refractivity contribution in [1.82, 2.24) is 0 Å². The number of nitro groups is 1. The molecule has 2 rings (SSSR count). The topological polar surface area (TPSA) is 64.4 Å². The average Bonchev–Trinajstić information content (AvgIpc) is 2.49. The highest BCUT2D eigenvalue weighted by molar-refractivity contribution is 5.49. The number of benzene rings is 2. The number of ether oxygens (including phenoxy) is 1. The van der Waals surface area contributed by atoms with E-state index in [4.69, 9.17) is 4.74 Å². The van der Waals surface area contributed by atoms with Crippen LogP contribution in [0.5, 0.6) is 5.75 Å². The molecule has 1 unspecified atom stereocenters. The van der Waals surface area contributed by atoms with Crippen LogP contribution >= 0.6 is 0 Å². The molecule has 2 aromatic carbocycles. The molecule has 2 aromatic rings. The molecule has 0 fully saturated rings. The molecule has 1 atom stereocenters. The van der Waals surface area contributed by atoms with Crippen molar-refractivity contribution in [2.45, 2.75) is 19.9 Å². The molecule has 0 saturated carbocycles. The fourth-order valence-electron chi connectivity index (χ4n) is 2.06. The summed E-state index contributed by atoms with van der Waals surface area (Å²) in [4.78, 5) is 10.4. The highest BCUT2D eigenvalue weighted by atomic mass is 16.6. The van der Waals surface area contributed by atoms with Gasteiger partial charge in [0.15, 0.2) is 0 Å². The Morgan fingerprint density at radius 3 is 2.57 bits per heavy atom. The normalized spacial score (nSPS) is 11.7. The number of non-ortho nitro benzene ring substituents is 1. The molecule has 0 spiro atoms. The van der Waals surface area contributed by atoms with E-state index in [1.165, 1.54) is 6.07 Å². The van der Waals surface area contributed by atoms with Crippen molar-refractivity contribution < 1.29 is 9.66 Å². The Morgan fingerprint density at radius 2 is 1.95 bits per heavy atom. The third kappa shape index (κ3) is 3.95. The first-order chi connectivity index (χ1) is 10.1. The zero-order valence-corrected chi connectivity index (χ0v) is 12.1. The van der Waals surface area contributed by atoms with E-state index in [0.29, 0.717) is 6.61 Å². The molecular formula is C16H18N2O3. The third-order valence-corrected chi connectivity index (χ3v) is 3.13. The predicted molar refractivity (Wildman–Crippen MR) is 82.7 cm³/mol. The van der Waals surface area contributed by atoms with Crippen molar-refractivity contribution in [2.24, 2.45) is 0 Å². The minimum Gasteiger partial charge on any atom is -0.494 e. The Hall–Kier alpha value is -2.56. The lowest BCUT2D eigenvalue weighted by Gasteiger charge is -2.16. The van der Waals surface area contributed by atoms with Crippen molar-refractivity contribution in [1.29, 1.82) is 0 Å². The summed E-state index contributed by atoms with van der Waals surface area (Å²) >= 11 is 0. The van der Waals surface area contributed by atoms with Gasteiger partial charge in [0.25, 0.3) is 5.69 Å². The van der Waals surface area contributed by atoms with Crippen LogP contribution in [0.15, 0.2) is 48.5 Å². The molecular weight excluding hydrogens is 268 g/mol. The van der Waals surface area contributed by atoms with Gasteiger partial charge in [-0.05, 0) is 43.7 Å². The fourth-order valence-corrected chi connectivity index (χ4v) is 2.06. The van der Waals surface area contributed by atoms with Crippen LogP contribution in [0.4, 0.5) is 11.4 Å². The molecule has 5 heteroatoms. The van der Waals surface area contributed by atoms with Gasteiger partial charge in [-0.3, -0.25) is 10.1 Å². The van der Waals surface area contributed by atoms with Crippen LogP contribution in [-0.2, 0) is 0 Å². The first-order valence-corrected chi connectivity index (χ1v) is 6.84. The molecule has 0 aromatic heterocycles. The Bertz CT molecular complexity index is 611. The van der Waals surface area contributed by atoms with Gasteiger partial charge in [-0.25, -0.2) is 0 Å². The highest BCUT2D eigenvalue weighted by Crippen LogP contribution is 2.24. The van der Waals surface area contributed by atoms with E-state index in [1.807, 2.05) is 44.2 Å². The first kappa shape index (κ1) is 14.8. The van der Waals surface area contributed by atoms with Crippen molar-refractivity contribution in [3.63, 3.8) is 0 Å². The summed E-state index contributed by atoms with van der Waals surface area (Å²) in [6.45, 7) is 4.54. The SMILES string of the molecule is CCOc1ccc(NC(C)c2cccc([N+](=O)[O-])c2)cc1. The summed E-state index contributed by atoms with van der Waals surface area (Å²) in [6, 6.07) is 14.3. The van der Waals surface area contributed by atoms with Crippen LogP contribution in [0.3, 0.4) is 0 Å². The summed E-state index contributed by atoms with van der Waals surface area (Å²) in [5, 5.41) is 14.1. The van der Waals surface area contributed by atoms with Crippen molar-refractivity contribution in [3.8, 4) is 5.75 Å². The van der Waals surface area contributed by atoms with Crippen molar-refractivity contribution in [2.75, 3.05) is 11.9 Å². The van der Waals surface area contributed by atoms with E-state index in [2.05, 4.69) is 5.32 Å². The van der Waals surface area contributed by atoms with Crippen LogP contribution < -0.4 is 10.1 Å². The quantitative estimate of drug-likeness (QED) is 0.639. The molecule has 0 heterocycles. The molecule has 0 radical (unpaired) electrons. The number of anilines is 1. The molecule has 1 N–H and O–H groups in total. The summed E-state index contributed by atoms with van der Waals surface area (Å²) in [5.74, 6) is 0.825. The van der Waals surface area contributed by atoms with Gasteiger partial charge in [-0.1, -0.05) is 12.1 Å². The third-order valence-electron chi connectivity index (χ3n) is 3.13. The lowest BCUT2D eigenvalue weighted by molar-refractivity contribution is -0.384. The van der Waals surface area contributed by atoms with E-state index >= 15 is 0 Å². The zero-order chi connectivity index (χ0) is 15.2. The maximum absolute atomic E-state index is 10.8. The van der Waals surface area contributed by atoms with Crippen molar-refractivity contribution in [3.05, 3.63) is 64.2 Å². The number of hydrogen-bond acceptors (Lipinski definition) is 4. The Morgan fingerprint density at radius 1 is 1.24 bits per heavy atom. The van der Waals surface area contributed by atoms with E-state index < -0.39 is 0 Å². The minimum atomic E-state index is -0.382. The van der Waals surface area contributed by atoms with Crippen LogP contribution in [-0.4, -0.2) is 11.5 Å². The van der Waals surface area contributed by atoms with Crippen LogP contribution in [0.1, 0.15) is 25.5 Å². The van der Waals surface area contributed by atoms with Crippen molar-refractivity contribution >= 4 is 11.4 Å². The van der Waals surface area contributed by atoms with Gasteiger partial charge < -0.3 is 10.1 Å². The van der Waals surface area contributed by atoms with Gasteiger partial charge in [-0.15, -0.1) is 0 Å². The van der Waals surface area contributed by atoms with Gasteiger partial charge in [0, 0.05) is 23.9 Å². The second-order valence-corrected chi connectivity index (χ2v) is 4.68. The summed E-state index contributed by atoms with van der Waals surface area (Å²) < 4.78 is 5.39. The molecule has 0 aliphatic rings. The Labute approximate surface area is 123 Å². The van der Waals surface area contributed by atoms with Gasteiger partial charge >= 0.3 is 0 Å². The molecule has 0 aliphatic heterocycles. The highest BCUT2D eigenvalue weighted by Gasteiger charge is 2.10. The molecule has 0 bridgehead atoms. The van der Waals surface area contributed by atoms with Gasteiger partial charge in [0.05, 0.1) is 11.5 Å². The minimum absolute atomic E-state index is 0.0251. The smallest absolute Gasteiger partial charge is 0.269 e. The summed E-state index contributed by atoms with van der Waals surface area (Å²) in [6.07, 6.45) is 0. The van der Waals surface area contributed by atoms with Gasteiger partial charge in [-0.2, -0.15) is 0 Å². The standard InChI is InChI=1S/C16H18N2O3/c1-3-21-16-9-7-14(8-10-16)17-12(2)13-5-4-6-15(11-13)18(19)20/h4-12,17H,3H2,1-2H3. The second-order valence-electron chi connectivity index (χ2n) is 4.68. The molecule has 5 nitrogen and oxygen atoms in total. The summed E-state index contributed by atoms with van der Waals surface area (Å²) in [5.41, 5.74) is 1.92. The average molecular weight is 286 g/mol. The Kier molecular flexibility index (Phi) is 4.77. The Balaban J connectivity index is 2.08.